The van der Waals surface area contributed by atoms with Crippen LogP contribution in [0, 0.1) is 11.3 Å². The Morgan fingerprint density at radius 3 is 2.95 bits per heavy atom. The van der Waals surface area contributed by atoms with E-state index >= 15 is 0 Å². The fraction of sp³-hybridized carbons (Fsp3) is 0.750. The van der Waals surface area contributed by atoms with E-state index in [1.165, 1.54) is 0 Å². The van der Waals surface area contributed by atoms with E-state index in [1.807, 2.05) is 6.20 Å². The Balaban J connectivity index is 1.82. The molecule has 1 atom stereocenters. The van der Waals surface area contributed by atoms with Crippen molar-refractivity contribution in [3.8, 4) is 6.07 Å². The van der Waals surface area contributed by atoms with E-state index in [1.54, 1.807) is 0 Å². The molecule has 0 saturated carbocycles. The van der Waals surface area contributed by atoms with Gasteiger partial charge in [0.1, 0.15) is 11.4 Å². The molecule has 1 aliphatic rings. The summed E-state index contributed by atoms with van der Waals surface area (Å²) in [6.07, 6.45) is 6.73. The Bertz CT molecular complexity index is 487. The van der Waals surface area contributed by atoms with E-state index in [4.69, 9.17) is 0 Å². The lowest BCUT2D eigenvalue weighted by atomic mass is 9.91. The van der Waals surface area contributed by atoms with Crippen molar-refractivity contribution in [3.05, 3.63) is 18.2 Å². The van der Waals surface area contributed by atoms with Crippen molar-refractivity contribution in [1.82, 2.24) is 19.8 Å². The lowest BCUT2D eigenvalue weighted by molar-refractivity contribution is 0.203. The van der Waals surface area contributed by atoms with Gasteiger partial charge < -0.3 is 4.57 Å². The summed E-state index contributed by atoms with van der Waals surface area (Å²) in [5.74, 6) is 1.16. The zero-order valence-electron chi connectivity index (χ0n) is 13.5. The van der Waals surface area contributed by atoms with E-state index in [2.05, 4.69) is 52.8 Å². The summed E-state index contributed by atoms with van der Waals surface area (Å²) in [6.45, 7) is 10.4. The number of aromatic nitrogens is 2. The Morgan fingerprint density at radius 2 is 2.29 bits per heavy atom. The quantitative estimate of drug-likeness (QED) is 0.835. The van der Waals surface area contributed by atoms with Gasteiger partial charge in [-0.2, -0.15) is 5.26 Å². The van der Waals surface area contributed by atoms with Crippen LogP contribution in [-0.2, 0) is 13.1 Å². The highest BCUT2D eigenvalue weighted by Gasteiger charge is 2.28. The van der Waals surface area contributed by atoms with Crippen molar-refractivity contribution in [2.75, 3.05) is 13.1 Å². The maximum absolute atomic E-state index is 9.53. The van der Waals surface area contributed by atoms with Gasteiger partial charge in [0.25, 0.3) is 0 Å². The fourth-order valence-corrected chi connectivity index (χ4v) is 3.09. The van der Waals surface area contributed by atoms with Crippen LogP contribution in [0.4, 0.5) is 0 Å². The van der Waals surface area contributed by atoms with Crippen LogP contribution in [0.1, 0.15) is 45.9 Å². The first-order chi connectivity index (χ1) is 10.1. The third-order valence-corrected chi connectivity index (χ3v) is 4.28. The van der Waals surface area contributed by atoms with Crippen LogP contribution in [0.3, 0.4) is 0 Å². The van der Waals surface area contributed by atoms with Crippen molar-refractivity contribution in [3.63, 3.8) is 0 Å². The van der Waals surface area contributed by atoms with Crippen molar-refractivity contribution < 1.29 is 0 Å². The molecule has 5 nitrogen and oxygen atoms in total. The van der Waals surface area contributed by atoms with Crippen LogP contribution in [0.25, 0.3) is 0 Å². The highest BCUT2D eigenvalue weighted by Crippen LogP contribution is 2.19. The molecule has 0 aliphatic carbocycles. The molecule has 1 aromatic heterocycles. The SMILES string of the molecule is CCC(C#N)(CCCN1CCn2ccnc2C1)NC(C)C. The van der Waals surface area contributed by atoms with Crippen LogP contribution in [-0.4, -0.2) is 39.1 Å². The molecule has 1 unspecified atom stereocenters. The summed E-state index contributed by atoms with van der Waals surface area (Å²) in [5.41, 5.74) is -0.373. The van der Waals surface area contributed by atoms with Crippen molar-refractivity contribution in [1.29, 1.82) is 5.26 Å². The third kappa shape index (κ3) is 4.05. The van der Waals surface area contributed by atoms with Gasteiger partial charge in [-0.1, -0.05) is 6.92 Å². The molecule has 0 fully saturated rings. The molecule has 0 bridgehead atoms. The molecule has 116 valence electrons. The van der Waals surface area contributed by atoms with E-state index in [0.717, 1.165) is 51.3 Å². The largest absolute Gasteiger partial charge is 0.333 e. The van der Waals surface area contributed by atoms with E-state index < -0.39 is 0 Å². The van der Waals surface area contributed by atoms with Gasteiger partial charge in [0, 0.05) is 31.5 Å². The molecule has 21 heavy (non-hydrogen) atoms. The normalized spacial score (nSPS) is 18.2. The summed E-state index contributed by atoms with van der Waals surface area (Å²) in [7, 11) is 0. The Labute approximate surface area is 128 Å². The molecule has 1 aliphatic heterocycles. The minimum Gasteiger partial charge on any atom is -0.333 e. The van der Waals surface area contributed by atoms with Gasteiger partial charge in [0.2, 0.25) is 0 Å². The van der Waals surface area contributed by atoms with Gasteiger partial charge in [-0.3, -0.25) is 10.2 Å². The van der Waals surface area contributed by atoms with Crippen molar-refractivity contribution >= 4 is 0 Å². The van der Waals surface area contributed by atoms with Crippen LogP contribution < -0.4 is 5.32 Å². The second kappa shape index (κ2) is 7.06. The lowest BCUT2D eigenvalue weighted by Crippen LogP contribution is -2.47. The van der Waals surface area contributed by atoms with Crippen molar-refractivity contribution in [2.45, 2.75) is 64.7 Å². The summed E-state index contributed by atoms with van der Waals surface area (Å²) >= 11 is 0. The minimum absolute atomic E-state index is 0.340. The zero-order valence-corrected chi connectivity index (χ0v) is 13.5. The molecular weight excluding hydrogens is 262 g/mol. The monoisotopic (exact) mass is 289 g/mol. The highest BCUT2D eigenvalue weighted by molar-refractivity contribution is 5.07. The van der Waals surface area contributed by atoms with Gasteiger partial charge in [-0.25, -0.2) is 4.98 Å². The minimum atomic E-state index is -0.373. The van der Waals surface area contributed by atoms with Gasteiger partial charge >= 0.3 is 0 Å². The Hall–Kier alpha value is -1.38. The fourth-order valence-electron chi connectivity index (χ4n) is 3.09. The Morgan fingerprint density at radius 1 is 1.48 bits per heavy atom. The number of fused-ring (bicyclic) bond motifs is 1. The van der Waals surface area contributed by atoms with E-state index in [9.17, 15) is 5.26 Å². The van der Waals surface area contributed by atoms with E-state index in [-0.39, 0.29) is 5.54 Å². The lowest BCUT2D eigenvalue weighted by Gasteiger charge is -2.31. The predicted molar refractivity (Wildman–Crippen MR) is 83.6 cm³/mol. The zero-order chi connectivity index (χ0) is 15.3. The molecule has 0 radical (unpaired) electrons. The summed E-state index contributed by atoms with van der Waals surface area (Å²) < 4.78 is 2.22. The number of hydrogen-bond acceptors (Lipinski definition) is 4. The average molecular weight is 289 g/mol. The summed E-state index contributed by atoms with van der Waals surface area (Å²) in [6, 6.07) is 2.84. The maximum Gasteiger partial charge on any atom is 0.122 e. The van der Waals surface area contributed by atoms with Crippen LogP contribution in [0.2, 0.25) is 0 Å². The number of rotatable bonds is 7. The molecule has 2 rings (SSSR count). The van der Waals surface area contributed by atoms with Crippen LogP contribution in [0.15, 0.2) is 12.4 Å². The van der Waals surface area contributed by atoms with Crippen LogP contribution in [0.5, 0.6) is 0 Å². The molecule has 2 heterocycles. The topological polar surface area (TPSA) is 56.9 Å². The van der Waals surface area contributed by atoms with Crippen LogP contribution >= 0.6 is 0 Å². The molecule has 1 N–H and O–H groups in total. The van der Waals surface area contributed by atoms with E-state index in [0.29, 0.717) is 6.04 Å². The second-order valence-corrected chi connectivity index (χ2v) is 6.26. The predicted octanol–water partition coefficient (Wildman–Crippen LogP) is 2.15. The average Bonchev–Trinajstić information content (AvgIpc) is 2.93. The number of nitriles is 1. The first kappa shape index (κ1) is 16.0. The number of imidazole rings is 1. The van der Waals surface area contributed by atoms with Gasteiger partial charge in [0.15, 0.2) is 0 Å². The van der Waals surface area contributed by atoms with Gasteiger partial charge in [-0.05, 0) is 39.7 Å². The van der Waals surface area contributed by atoms with Gasteiger partial charge in [-0.15, -0.1) is 0 Å². The smallest absolute Gasteiger partial charge is 0.122 e. The third-order valence-electron chi connectivity index (χ3n) is 4.28. The molecule has 0 spiro atoms. The molecule has 5 heteroatoms. The molecule has 0 amide bonds. The highest BCUT2D eigenvalue weighted by atomic mass is 15.2. The first-order valence-corrected chi connectivity index (χ1v) is 8.00. The summed E-state index contributed by atoms with van der Waals surface area (Å²) in [4.78, 5) is 6.83. The molecule has 0 aromatic carbocycles. The number of hydrogen-bond donors (Lipinski definition) is 1. The maximum atomic E-state index is 9.53. The van der Waals surface area contributed by atoms with Crippen molar-refractivity contribution in [2.24, 2.45) is 0 Å². The van der Waals surface area contributed by atoms with Gasteiger partial charge in [0.05, 0.1) is 12.6 Å². The first-order valence-electron chi connectivity index (χ1n) is 8.00. The Kier molecular flexibility index (Phi) is 5.38. The molecule has 1 aromatic rings. The summed E-state index contributed by atoms with van der Waals surface area (Å²) in [5, 5.41) is 13.0. The standard InChI is InChI=1S/C16H27N5/c1-4-16(13-17,19-14(2)3)6-5-8-20-10-11-21-9-7-18-15(21)12-20/h7,9,14,19H,4-6,8,10-12H2,1-3H3. The second-order valence-electron chi connectivity index (χ2n) is 6.26. The number of nitrogens with one attached hydrogen (secondary N) is 1. The number of nitrogens with zero attached hydrogens (tertiary/aromatic N) is 4. The molecular formula is C16H27N5. The molecule has 0 saturated heterocycles.